The average molecular weight is 289 g/mol. The van der Waals surface area contributed by atoms with Crippen LogP contribution in [0.3, 0.4) is 0 Å². The van der Waals surface area contributed by atoms with Crippen molar-refractivity contribution in [3.63, 3.8) is 0 Å². The van der Waals surface area contributed by atoms with Crippen LogP contribution in [0.4, 0.5) is 5.69 Å². The number of para-hydroxylation sites is 1. The number of rotatable bonds is 4. The highest BCUT2D eigenvalue weighted by Gasteiger charge is 2.28. The minimum atomic E-state index is -0.131. The van der Waals surface area contributed by atoms with Crippen molar-refractivity contribution in [1.82, 2.24) is 10.2 Å². The highest BCUT2D eigenvalue weighted by molar-refractivity contribution is 5.85. The summed E-state index contributed by atoms with van der Waals surface area (Å²) in [5.41, 5.74) is 2.45. The number of benzene rings is 1. The first kappa shape index (κ1) is 15.8. The minimum Gasteiger partial charge on any atom is -0.358 e. The van der Waals surface area contributed by atoms with Crippen LogP contribution in [0.15, 0.2) is 24.3 Å². The van der Waals surface area contributed by atoms with Gasteiger partial charge >= 0.3 is 0 Å². The monoisotopic (exact) mass is 289 g/mol. The Morgan fingerprint density at radius 1 is 1.38 bits per heavy atom. The molecule has 2 rings (SSSR count). The molecule has 1 N–H and O–H groups in total. The van der Waals surface area contributed by atoms with Crippen LogP contribution in [-0.4, -0.2) is 42.5 Å². The van der Waals surface area contributed by atoms with Gasteiger partial charge < -0.3 is 15.1 Å². The molecule has 0 saturated heterocycles. The van der Waals surface area contributed by atoms with Gasteiger partial charge in [-0.1, -0.05) is 18.2 Å². The second kappa shape index (κ2) is 6.94. The fourth-order valence-electron chi connectivity index (χ4n) is 2.98. The predicted molar refractivity (Wildman–Crippen MR) is 87.5 cm³/mol. The topological polar surface area (TPSA) is 35.6 Å². The molecule has 116 valence electrons. The summed E-state index contributed by atoms with van der Waals surface area (Å²) in [7, 11) is 0. The van der Waals surface area contributed by atoms with Crippen molar-refractivity contribution in [1.29, 1.82) is 0 Å². The zero-order chi connectivity index (χ0) is 15.4. The van der Waals surface area contributed by atoms with E-state index < -0.39 is 0 Å². The molecule has 2 atom stereocenters. The van der Waals surface area contributed by atoms with E-state index in [4.69, 9.17) is 0 Å². The number of carbonyl (C=O) groups excluding carboxylic acids is 1. The van der Waals surface area contributed by atoms with Crippen LogP contribution in [0.25, 0.3) is 0 Å². The van der Waals surface area contributed by atoms with E-state index in [0.29, 0.717) is 6.04 Å². The largest absolute Gasteiger partial charge is 0.358 e. The zero-order valence-electron chi connectivity index (χ0n) is 13.6. The van der Waals surface area contributed by atoms with E-state index in [1.807, 2.05) is 25.7 Å². The molecule has 1 aromatic rings. The SMILES string of the molecule is CCN(CC)C(=O)C(C)N1CC(C)NCc2ccccc21. The Morgan fingerprint density at radius 3 is 2.71 bits per heavy atom. The lowest BCUT2D eigenvalue weighted by atomic mass is 10.1. The summed E-state index contributed by atoms with van der Waals surface area (Å²) < 4.78 is 0. The zero-order valence-corrected chi connectivity index (χ0v) is 13.6. The van der Waals surface area contributed by atoms with Gasteiger partial charge in [0, 0.05) is 37.9 Å². The highest BCUT2D eigenvalue weighted by atomic mass is 16.2. The van der Waals surface area contributed by atoms with Gasteiger partial charge in [0.05, 0.1) is 0 Å². The van der Waals surface area contributed by atoms with Crippen molar-refractivity contribution in [2.24, 2.45) is 0 Å². The van der Waals surface area contributed by atoms with Crippen LogP contribution in [-0.2, 0) is 11.3 Å². The molecule has 4 heteroatoms. The molecule has 0 saturated carbocycles. The van der Waals surface area contributed by atoms with Gasteiger partial charge in [-0.15, -0.1) is 0 Å². The van der Waals surface area contributed by atoms with E-state index in [1.165, 1.54) is 11.3 Å². The Kier molecular flexibility index (Phi) is 5.23. The summed E-state index contributed by atoms with van der Waals surface area (Å²) in [6.07, 6.45) is 0. The summed E-state index contributed by atoms with van der Waals surface area (Å²) in [6.45, 7) is 11.5. The minimum absolute atomic E-state index is 0.131. The standard InChI is InChI=1S/C17H27N3O/c1-5-19(6-2)17(21)14(4)20-12-13(3)18-11-15-9-7-8-10-16(15)20/h7-10,13-14,18H,5-6,11-12H2,1-4H3. The second-order valence-electron chi connectivity index (χ2n) is 5.75. The molecule has 0 aromatic heterocycles. The van der Waals surface area contributed by atoms with Crippen LogP contribution in [0.2, 0.25) is 0 Å². The van der Waals surface area contributed by atoms with Crippen LogP contribution < -0.4 is 10.2 Å². The number of likely N-dealkylation sites (N-methyl/N-ethyl adjacent to an activating group) is 1. The van der Waals surface area contributed by atoms with E-state index in [1.54, 1.807) is 0 Å². The summed E-state index contributed by atoms with van der Waals surface area (Å²) in [6, 6.07) is 8.61. The molecule has 1 aliphatic heterocycles. The first-order valence-electron chi connectivity index (χ1n) is 7.95. The van der Waals surface area contributed by atoms with Gasteiger partial charge in [-0.25, -0.2) is 0 Å². The molecule has 0 spiro atoms. The van der Waals surface area contributed by atoms with Gasteiger partial charge in [0.2, 0.25) is 5.91 Å². The fraction of sp³-hybridized carbons (Fsp3) is 0.588. The molecule has 2 unspecified atom stereocenters. The number of amides is 1. The molecule has 1 aliphatic rings. The van der Waals surface area contributed by atoms with Gasteiger partial charge in [0.1, 0.15) is 6.04 Å². The van der Waals surface area contributed by atoms with Gasteiger partial charge in [-0.3, -0.25) is 4.79 Å². The number of hydrogen-bond acceptors (Lipinski definition) is 3. The molecular formula is C17H27N3O. The number of anilines is 1. The Bertz CT molecular complexity index is 485. The average Bonchev–Trinajstić information content (AvgIpc) is 2.67. The predicted octanol–water partition coefficient (Wildman–Crippen LogP) is 2.24. The van der Waals surface area contributed by atoms with Crippen molar-refractivity contribution in [2.45, 2.75) is 46.3 Å². The lowest BCUT2D eigenvalue weighted by Gasteiger charge is -2.34. The molecule has 0 radical (unpaired) electrons. The quantitative estimate of drug-likeness (QED) is 0.923. The normalized spacial score (nSPS) is 19.6. The van der Waals surface area contributed by atoms with E-state index in [-0.39, 0.29) is 11.9 Å². The van der Waals surface area contributed by atoms with Gasteiger partial charge in [0.15, 0.2) is 0 Å². The van der Waals surface area contributed by atoms with Crippen molar-refractivity contribution in [3.8, 4) is 0 Å². The molecular weight excluding hydrogens is 262 g/mol. The fourth-order valence-corrected chi connectivity index (χ4v) is 2.98. The Labute approximate surface area is 128 Å². The van der Waals surface area contributed by atoms with E-state index in [9.17, 15) is 4.79 Å². The van der Waals surface area contributed by atoms with E-state index in [2.05, 4.69) is 41.4 Å². The number of nitrogens with zero attached hydrogens (tertiary/aromatic N) is 2. The summed E-state index contributed by atoms with van der Waals surface area (Å²) >= 11 is 0. The lowest BCUT2D eigenvalue weighted by molar-refractivity contribution is -0.131. The van der Waals surface area contributed by atoms with Crippen molar-refractivity contribution in [3.05, 3.63) is 29.8 Å². The number of carbonyl (C=O) groups is 1. The van der Waals surface area contributed by atoms with E-state index in [0.717, 1.165) is 26.2 Å². The summed E-state index contributed by atoms with van der Waals surface area (Å²) in [4.78, 5) is 16.9. The molecule has 1 aromatic carbocycles. The molecule has 1 heterocycles. The Morgan fingerprint density at radius 2 is 2.05 bits per heavy atom. The van der Waals surface area contributed by atoms with Crippen molar-refractivity contribution in [2.75, 3.05) is 24.5 Å². The molecule has 0 fully saturated rings. The maximum atomic E-state index is 12.7. The van der Waals surface area contributed by atoms with Crippen molar-refractivity contribution >= 4 is 11.6 Å². The molecule has 0 aliphatic carbocycles. The van der Waals surface area contributed by atoms with Gasteiger partial charge in [0.25, 0.3) is 0 Å². The smallest absolute Gasteiger partial charge is 0.244 e. The van der Waals surface area contributed by atoms with Crippen LogP contribution >= 0.6 is 0 Å². The van der Waals surface area contributed by atoms with Crippen molar-refractivity contribution < 1.29 is 4.79 Å². The molecule has 1 amide bonds. The van der Waals surface area contributed by atoms with Gasteiger partial charge in [-0.05, 0) is 39.3 Å². The third-order valence-electron chi connectivity index (χ3n) is 4.31. The maximum Gasteiger partial charge on any atom is 0.244 e. The van der Waals surface area contributed by atoms with Crippen LogP contribution in [0, 0.1) is 0 Å². The van der Waals surface area contributed by atoms with Crippen LogP contribution in [0.1, 0.15) is 33.3 Å². The van der Waals surface area contributed by atoms with Crippen LogP contribution in [0.5, 0.6) is 0 Å². The first-order chi connectivity index (χ1) is 10.1. The third-order valence-corrected chi connectivity index (χ3v) is 4.31. The second-order valence-corrected chi connectivity index (χ2v) is 5.75. The molecule has 4 nitrogen and oxygen atoms in total. The highest BCUT2D eigenvalue weighted by Crippen LogP contribution is 2.25. The number of nitrogens with one attached hydrogen (secondary N) is 1. The maximum absolute atomic E-state index is 12.7. The Hall–Kier alpha value is -1.55. The first-order valence-corrected chi connectivity index (χ1v) is 7.95. The molecule has 0 bridgehead atoms. The molecule has 21 heavy (non-hydrogen) atoms. The number of hydrogen-bond donors (Lipinski definition) is 1. The van der Waals surface area contributed by atoms with E-state index >= 15 is 0 Å². The van der Waals surface area contributed by atoms with Gasteiger partial charge in [-0.2, -0.15) is 0 Å². The third kappa shape index (κ3) is 3.38. The summed E-state index contributed by atoms with van der Waals surface area (Å²) in [5.74, 6) is 0.212. The number of fused-ring (bicyclic) bond motifs is 1. The lowest BCUT2D eigenvalue weighted by Crippen LogP contribution is -2.50. The Balaban J connectivity index is 2.30. The summed E-state index contributed by atoms with van der Waals surface area (Å²) in [5, 5.41) is 3.52.